The number of nitrogens with zero attached hydrogens (tertiary/aromatic N) is 1. The summed E-state index contributed by atoms with van der Waals surface area (Å²) in [5, 5.41) is 8.92. The third-order valence-electron chi connectivity index (χ3n) is 2.36. The normalized spacial score (nSPS) is 12.0. The van der Waals surface area contributed by atoms with E-state index >= 15 is 0 Å². The van der Waals surface area contributed by atoms with Gasteiger partial charge in [-0.25, -0.2) is 13.2 Å². The standard InChI is InChI=1S/C10H15NO4S3/c1-7-6-8(17-9(7)10(12)13)18(14,15)11(2)4-5-16-3/h6H,4-5H2,1-3H3,(H,12,13). The van der Waals surface area contributed by atoms with E-state index in [1.165, 1.54) is 17.4 Å². The number of aromatic carboxylic acids is 1. The van der Waals surface area contributed by atoms with E-state index in [1.807, 2.05) is 6.26 Å². The van der Waals surface area contributed by atoms with Gasteiger partial charge in [-0.15, -0.1) is 11.3 Å². The van der Waals surface area contributed by atoms with Crippen LogP contribution in [0.25, 0.3) is 0 Å². The number of aryl methyl sites for hydroxylation is 1. The maximum Gasteiger partial charge on any atom is 0.346 e. The minimum Gasteiger partial charge on any atom is -0.477 e. The molecule has 0 aliphatic heterocycles. The molecule has 0 amide bonds. The molecule has 1 N–H and O–H groups in total. The van der Waals surface area contributed by atoms with Gasteiger partial charge in [-0.1, -0.05) is 0 Å². The van der Waals surface area contributed by atoms with E-state index < -0.39 is 16.0 Å². The topological polar surface area (TPSA) is 74.7 Å². The van der Waals surface area contributed by atoms with Crippen molar-refractivity contribution in [1.82, 2.24) is 4.31 Å². The molecule has 0 aliphatic rings. The summed E-state index contributed by atoms with van der Waals surface area (Å²) < 4.78 is 25.7. The lowest BCUT2D eigenvalue weighted by Gasteiger charge is -2.14. The number of carboxylic acids is 1. The molecule has 0 radical (unpaired) electrons. The van der Waals surface area contributed by atoms with Crippen LogP contribution < -0.4 is 0 Å². The number of thiophene rings is 1. The molecule has 0 saturated carbocycles. The lowest BCUT2D eigenvalue weighted by molar-refractivity contribution is 0.0701. The van der Waals surface area contributed by atoms with Gasteiger partial charge >= 0.3 is 5.97 Å². The molecule has 1 heterocycles. The molecule has 0 bridgehead atoms. The van der Waals surface area contributed by atoms with Crippen molar-refractivity contribution in [2.45, 2.75) is 11.1 Å². The number of hydrogen-bond donors (Lipinski definition) is 1. The SMILES string of the molecule is CSCCN(C)S(=O)(=O)c1cc(C)c(C(=O)O)s1. The van der Waals surface area contributed by atoms with E-state index in [0.717, 1.165) is 11.3 Å². The van der Waals surface area contributed by atoms with Crippen molar-refractivity contribution in [1.29, 1.82) is 0 Å². The van der Waals surface area contributed by atoms with Crippen LogP contribution in [-0.2, 0) is 10.0 Å². The Hall–Kier alpha value is -0.570. The van der Waals surface area contributed by atoms with E-state index in [-0.39, 0.29) is 9.09 Å². The van der Waals surface area contributed by atoms with E-state index in [0.29, 0.717) is 17.9 Å². The van der Waals surface area contributed by atoms with Gasteiger partial charge in [-0.3, -0.25) is 0 Å². The monoisotopic (exact) mass is 309 g/mol. The second kappa shape index (κ2) is 6.05. The van der Waals surface area contributed by atoms with Crippen molar-refractivity contribution in [2.24, 2.45) is 0 Å². The second-order valence-electron chi connectivity index (χ2n) is 3.70. The van der Waals surface area contributed by atoms with Gasteiger partial charge in [0, 0.05) is 19.3 Å². The number of thioether (sulfide) groups is 1. The average Bonchev–Trinajstić information content (AvgIpc) is 2.68. The highest BCUT2D eigenvalue weighted by Gasteiger charge is 2.25. The molecule has 1 rings (SSSR count). The summed E-state index contributed by atoms with van der Waals surface area (Å²) >= 11 is 2.36. The van der Waals surface area contributed by atoms with Crippen molar-refractivity contribution in [3.05, 3.63) is 16.5 Å². The maximum atomic E-state index is 12.2. The van der Waals surface area contributed by atoms with Crippen LogP contribution in [0, 0.1) is 6.92 Å². The van der Waals surface area contributed by atoms with Crippen LogP contribution in [0.2, 0.25) is 0 Å². The number of hydrogen-bond acceptors (Lipinski definition) is 5. The maximum absolute atomic E-state index is 12.2. The van der Waals surface area contributed by atoms with Gasteiger partial charge in [0.1, 0.15) is 9.09 Å². The van der Waals surface area contributed by atoms with Crippen molar-refractivity contribution in [3.63, 3.8) is 0 Å². The van der Waals surface area contributed by atoms with Crippen LogP contribution in [0.3, 0.4) is 0 Å². The average molecular weight is 309 g/mol. The predicted octanol–water partition coefficient (Wildman–Crippen LogP) is 1.74. The first-order valence-electron chi connectivity index (χ1n) is 5.09. The van der Waals surface area contributed by atoms with E-state index in [4.69, 9.17) is 5.11 Å². The first-order valence-corrected chi connectivity index (χ1v) is 8.74. The molecule has 5 nitrogen and oxygen atoms in total. The van der Waals surface area contributed by atoms with Crippen molar-refractivity contribution in [2.75, 3.05) is 25.6 Å². The zero-order valence-corrected chi connectivity index (χ0v) is 12.8. The van der Waals surface area contributed by atoms with Gasteiger partial charge in [-0.2, -0.15) is 16.1 Å². The highest BCUT2D eigenvalue weighted by atomic mass is 32.2. The van der Waals surface area contributed by atoms with Crippen molar-refractivity contribution >= 4 is 39.1 Å². The fourth-order valence-corrected chi connectivity index (χ4v) is 4.62. The summed E-state index contributed by atoms with van der Waals surface area (Å²) in [5.41, 5.74) is 0.476. The highest BCUT2D eigenvalue weighted by molar-refractivity contribution is 7.98. The summed E-state index contributed by atoms with van der Waals surface area (Å²) in [6.07, 6.45) is 1.90. The molecule has 1 aromatic heterocycles. The van der Waals surface area contributed by atoms with Gasteiger partial charge in [0.05, 0.1) is 0 Å². The third kappa shape index (κ3) is 3.25. The Morgan fingerprint density at radius 3 is 2.61 bits per heavy atom. The molecule has 0 aromatic carbocycles. The van der Waals surface area contributed by atoms with Gasteiger partial charge in [0.15, 0.2) is 0 Å². The van der Waals surface area contributed by atoms with Crippen LogP contribution in [0.15, 0.2) is 10.3 Å². The minimum atomic E-state index is -3.57. The smallest absolute Gasteiger partial charge is 0.346 e. The summed E-state index contributed by atoms with van der Waals surface area (Å²) in [4.78, 5) is 11.0. The molecule has 0 fully saturated rings. The number of rotatable bonds is 6. The Morgan fingerprint density at radius 2 is 2.17 bits per heavy atom. The number of carbonyl (C=O) groups is 1. The molecule has 0 unspecified atom stereocenters. The minimum absolute atomic E-state index is 0.0758. The van der Waals surface area contributed by atoms with Crippen LogP contribution in [-0.4, -0.2) is 49.4 Å². The van der Waals surface area contributed by atoms with Crippen LogP contribution in [0.1, 0.15) is 15.2 Å². The number of sulfonamides is 1. The quantitative estimate of drug-likeness (QED) is 0.866. The third-order valence-corrected chi connectivity index (χ3v) is 6.49. The van der Waals surface area contributed by atoms with E-state index in [2.05, 4.69) is 0 Å². The van der Waals surface area contributed by atoms with Crippen molar-refractivity contribution in [3.8, 4) is 0 Å². The Kier molecular flexibility index (Phi) is 5.20. The zero-order valence-electron chi connectivity index (χ0n) is 10.3. The Bertz CT molecular complexity index is 535. The Balaban J connectivity index is 3.05. The largest absolute Gasteiger partial charge is 0.477 e. The van der Waals surface area contributed by atoms with Gasteiger partial charge in [0.25, 0.3) is 10.0 Å². The summed E-state index contributed by atoms with van der Waals surface area (Å²) in [7, 11) is -2.07. The molecule has 18 heavy (non-hydrogen) atoms. The molecular weight excluding hydrogens is 294 g/mol. The molecule has 0 atom stereocenters. The molecule has 0 spiro atoms. The zero-order chi connectivity index (χ0) is 13.9. The van der Waals surface area contributed by atoms with Gasteiger partial charge in [-0.05, 0) is 24.8 Å². The molecule has 1 aromatic rings. The van der Waals surface area contributed by atoms with Crippen LogP contribution in [0.5, 0.6) is 0 Å². The second-order valence-corrected chi connectivity index (χ2v) is 8.01. The lowest BCUT2D eigenvalue weighted by Crippen LogP contribution is -2.28. The van der Waals surface area contributed by atoms with Crippen LogP contribution >= 0.6 is 23.1 Å². The Labute approximate surface area is 115 Å². The van der Waals surface area contributed by atoms with Gasteiger partial charge < -0.3 is 5.11 Å². The van der Waals surface area contributed by atoms with Gasteiger partial charge in [0.2, 0.25) is 0 Å². The first kappa shape index (κ1) is 15.5. The molecule has 102 valence electrons. The highest BCUT2D eigenvalue weighted by Crippen LogP contribution is 2.28. The molecule has 8 heteroatoms. The lowest BCUT2D eigenvalue weighted by atomic mass is 10.3. The molecule has 0 aliphatic carbocycles. The molecular formula is C10H15NO4S3. The first-order chi connectivity index (χ1) is 8.30. The fraction of sp³-hybridized carbons (Fsp3) is 0.500. The summed E-state index contributed by atoms with van der Waals surface area (Å²) in [6, 6.07) is 1.42. The van der Waals surface area contributed by atoms with Crippen LogP contribution in [0.4, 0.5) is 0 Å². The van der Waals surface area contributed by atoms with Crippen molar-refractivity contribution < 1.29 is 18.3 Å². The van der Waals surface area contributed by atoms with E-state index in [1.54, 1.807) is 18.7 Å². The van der Waals surface area contributed by atoms with E-state index in [9.17, 15) is 13.2 Å². The Morgan fingerprint density at radius 1 is 1.56 bits per heavy atom. The summed E-state index contributed by atoms with van der Waals surface area (Å²) in [5.74, 6) is -0.392. The molecule has 0 saturated heterocycles. The number of carboxylic acid groups (broad SMARTS) is 1. The summed E-state index contributed by atoms with van der Waals surface area (Å²) in [6.45, 7) is 2.00. The fourth-order valence-electron chi connectivity index (χ4n) is 1.29. The predicted molar refractivity (Wildman–Crippen MR) is 74.2 cm³/mol.